The van der Waals surface area contributed by atoms with Crippen LogP contribution in [0.3, 0.4) is 0 Å². The van der Waals surface area contributed by atoms with Gasteiger partial charge in [-0.15, -0.1) is 0 Å². The number of hydrogen-bond donors (Lipinski definition) is 0. The molecule has 0 N–H and O–H groups in total. The zero-order valence-corrected chi connectivity index (χ0v) is 11.1. The summed E-state index contributed by atoms with van der Waals surface area (Å²) in [6.45, 7) is 0.123. The first-order chi connectivity index (χ1) is 9.58. The van der Waals surface area contributed by atoms with Crippen molar-refractivity contribution in [3.8, 4) is 0 Å². The Bertz CT molecular complexity index is 667. The lowest BCUT2D eigenvalue weighted by Gasteiger charge is -2.18. The van der Waals surface area contributed by atoms with E-state index < -0.39 is 0 Å². The first-order valence-corrected chi connectivity index (χ1v) is 6.21. The van der Waals surface area contributed by atoms with Gasteiger partial charge in [0.15, 0.2) is 0 Å². The third-order valence-corrected chi connectivity index (χ3v) is 3.00. The number of aromatic nitrogens is 1. The second-order valence-electron chi connectivity index (χ2n) is 4.51. The van der Waals surface area contributed by atoms with Gasteiger partial charge in [0.25, 0.3) is 5.56 Å². The summed E-state index contributed by atoms with van der Waals surface area (Å²) >= 11 is 0. The summed E-state index contributed by atoms with van der Waals surface area (Å²) in [5.41, 5.74) is 0.212. The van der Waals surface area contributed by atoms with Crippen molar-refractivity contribution in [3.63, 3.8) is 0 Å². The predicted molar refractivity (Wildman–Crippen MR) is 73.6 cm³/mol. The molecule has 2 aromatic rings. The van der Waals surface area contributed by atoms with Gasteiger partial charge in [-0.1, -0.05) is 24.3 Å². The molecule has 20 heavy (non-hydrogen) atoms. The van der Waals surface area contributed by atoms with E-state index in [2.05, 4.69) is 0 Å². The Morgan fingerprint density at radius 2 is 1.90 bits per heavy atom. The van der Waals surface area contributed by atoms with E-state index >= 15 is 0 Å². The van der Waals surface area contributed by atoms with E-state index in [1.165, 1.54) is 21.6 Å². The van der Waals surface area contributed by atoms with Crippen LogP contribution < -0.4 is 5.56 Å². The second-order valence-corrected chi connectivity index (χ2v) is 4.51. The maximum absolute atomic E-state index is 13.5. The van der Waals surface area contributed by atoms with E-state index in [0.29, 0.717) is 5.56 Å². The molecule has 0 fully saturated rings. The van der Waals surface area contributed by atoms with Gasteiger partial charge in [0.05, 0.1) is 0 Å². The van der Waals surface area contributed by atoms with Crippen LogP contribution in [0.2, 0.25) is 0 Å². The molecule has 0 saturated heterocycles. The average molecular weight is 274 g/mol. The Balaban J connectivity index is 2.05. The molecule has 1 aromatic heterocycles. The van der Waals surface area contributed by atoms with E-state index in [1.54, 1.807) is 43.6 Å². The van der Waals surface area contributed by atoms with Crippen molar-refractivity contribution in [1.29, 1.82) is 0 Å². The molecule has 0 aliphatic carbocycles. The number of carbonyl (C=O) groups is 1. The molecule has 104 valence electrons. The highest BCUT2D eigenvalue weighted by Gasteiger charge is 2.12. The number of hydrogen-bond acceptors (Lipinski definition) is 2. The molecule has 0 bridgehead atoms. The van der Waals surface area contributed by atoms with E-state index in [4.69, 9.17) is 0 Å². The Morgan fingerprint density at radius 1 is 1.20 bits per heavy atom. The van der Waals surface area contributed by atoms with Crippen molar-refractivity contribution in [2.45, 2.75) is 13.1 Å². The van der Waals surface area contributed by atoms with Crippen LogP contribution in [-0.4, -0.2) is 22.4 Å². The van der Waals surface area contributed by atoms with Crippen LogP contribution in [0.4, 0.5) is 4.39 Å². The molecule has 5 heteroatoms. The summed E-state index contributed by atoms with van der Waals surface area (Å²) in [6, 6.07) is 11.0. The molecule has 0 aliphatic rings. The molecule has 4 nitrogen and oxygen atoms in total. The summed E-state index contributed by atoms with van der Waals surface area (Å²) < 4.78 is 14.8. The molecule has 1 aromatic carbocycles. The quantitative estimate of drug-likeness (QED) is 0.850. The number of rotatable bonds is 4. The molecule has 0 unspecified atom stereocenters. The topological polar surface area (TPSA) is 42.3 Å². The van der Waals surface area contributed by atoms with Gasteiger partial charge in [0.1, 0.15) is 12.4 Å². The van der Waals surface area contributed by atoms with Crippen molar-refractivity contribution in [2.24, 2.45) is 0 Å². The lowest BCUT2D eigenvalue weighted by atomic mass is 10.2. The number of amides is 1. The molecule has 0 aliphatic heterocycles. The molecular formula is C15H15FN2O2. The molecule has 0 spiro atoms. The minimum Gasteiger partial charge on any atom is -0.340 e. The Morgan fingerprint density at radius 3 is 2.60 bits per heavy atom. The van der Waals surface area contributed by atoms with Crippen LogP contribution in [0.1, 0.15) is 5.56 Å². The van der Waals surface area contributed by atoms with Crippen molar-refractivity contribution in [3.05, 3.63) is 70.4 Å². The highest BCUT2D eigenvalue weighted by molar-refractivity contribution is 5.75. The summed E-state index contributed by atoms with van der Waals surface area (Å²) in [5.74, 6) is -0.592. The number of pyridine rings is 1. The number of carbonyl (C=O) groups excluding carboxylic acids is 1. The fraction of sp³-hybridized carbons (Fsp3) is 0.200. The molecule has 0 radical (unpaired) electrons. The predicted octanol–water partition coefficient (Wildman–Crippen LogP) is 1.65. The maximum atomic E-state index is 13.5. The van der Waals surface area contributed by atoms with Crippen LogP contribution in [-0.2, 0) is 17.9 Å². The van der Waals surface area contributed by atoms with Gasteiger partial charge in [-0.25, -0.2) is 4.39 Å². The van der Waals surface area contributed by atoms with Gasteiger partial charge in [-0.3, -0.25) is 9.59 Å². The molecule has 0 atom stereocenters. The first-order valence-electron chi connectivity index (χ1n) is 6.21. The number of halogens is 1. The minimum absolute atomic E-state index is 0.0510. The van der Waals surface area contributed by atoms with Gasteiger partial charge in [-0.05, 0) is 12.1 Å². The first kappa shape index (κ1) is 14.0. The van der Waals surface area contributed by atoms with Crippen molar-refractivity contribution in [2.75, 3.05) is 7.05 Å². The summed E-state index contributed by atoms with van der Waals surface area (Å²) in [4.78, 5) is 24.9. The summed E-state index contributed by atoms with van der Waals surface area (Å²) in [5, 5.41) is 0. The van der Waals surface area contributed by atoms with Crippen LogP contribution in [0.5, 0.6) is 0 Å². The Kier molecular flexibility index (Phi) is 4.30. The van der Waals surface area contributed by atoms with E-state index in [-0.39, 0.29) is 30.4 Å². The summed E-state index contributed by atoms with van der Waals surface area (Å²) in [7, 11) is 1.59. The number of nitrogens with zero attached hydrogens (tertiary/aromatic N) is 2. The summed E-state index contributed by atoms with van der Waals surface area (Å²) in [6.07, 6.45) is 1.55. The third kappa shape index (κ3) is 3.32. The van der Waals surface area contributed by atoms with Gasteiger partial charge >= 0.3 is 0 Å². The standard InChI is InChI=1S/C15H15FN2O2/c1-17(10-12-6-2-3-7-13(12)16)15(20)11-18-9-5-4-8-14(18)19/h2-9H,10-11H2,1H3. The molecule has 0 saturated carbocycles. The number of likely N-dealkylation sites (N-methyl/N-ethyl adjacent to an activating group) is 1. The van der Waals surface area contributed by atoms with Crippen LogP contribution >= 0.6 is 0 Å². The lowest BCUT2D eigenvalue weighted by molar-refractivity contribution is -0.131. The second kappa shape index (κ2) is 6.14. The average Bonchev–Trinajstić information content (AvgIpc) is 2.43. The molecule has 1 heterocycles. The molecule has 2 rings (SSSR count). The number of benzene rings is 1. The highest BCUT2D eigenvalue weighted by Crippen LogP contribution is 2.09. The van der Waals surface area contributed by atoms with Gasteiger partial charge in [0.2, 0.25) is 5.91 Å². The van der Waals surface area contributed by atoms with Crippen molar-refractivity contribution < 1.29 is 9.18 Å². The molecular weight excluding hydrogens is 259 g/mol. The zero-order valence-electron chi connectivity index (χ0n) is 11.1. The smallest absolute Gasteiger partial charge is 0.250 e. The molecule has 1 amide bonds. The lowest BCUT2D eigenvalue weighted by Crippen LogP contribution is -2.33. The van der Waals surface area contributed by atoms with Crippen molar-refractivity contribution in [1.82, 2.24) is 9.47 Å². The van der Waals surface area contributed by atoms with Crippen molar-refractivity contribution >= 4 is 5.91 Å². The maximum Gasteiger partial charge on any atom is 0.250 e. The third-order valence-electron chi connectivity index (χ3n) is 3.00. The fourth-order valence-electron chi connectivity index (χ4n) is 1.83. The van der Waals surface area contributed by atoms with E-state index in [0.717, 1.165) is 0 Å². The SMILES string of the molecule is CN(Cc1ccccc1F)C(=O)Cn1ccccc1=O. The Labute approximate surface area is 116 Å². The van der Waals surface area contributed by atoms with Crippen LogP contribution in [0, 0.1) is 5.82 Å². The van der Waals surface area contributed by atoms with E-state index in [1.807, 2.05) is 0 Å². The van der Waals surface area contributed by atoms with Gasteiger partial charge in [0, 0.05) is 31.4 Å². The van der Waals surface area contributed by atoms with Gasteiger partial charge in [-0.2, -0.15) is 0 Å². The normalized spacial score (nSPS) is 10.3. The van der Waals surface area contributed by atoms with Crippen LogP contribution in [0.25, 0.3) is 0 Å². The monoisotopic (exact) mass is 274 g/mol. The largest absolute Gasteiger partial charge is 0.340 e. The highest BCUT2D eigenvalue weighted by atomic mass is 19.1. The zero-order chi connectivity index (χ0) is 14.5. The van der Waals surface area contributed by atoms with Gasteiger partial charge < -0.3 is 9.47 Å². The Hall–Kier alpha value is -2.43. The van der Waals surface area contributed by atoms with Crippen LogP contribution in [0.15, 0.2) is 53.5 Å². The minimum atomic E-state index is -0.343. The van der Waals surface area contributed by atoms with E-state index in [9.17, 15) is 14.0 Å². The fourth-order valence-corrected chi connectivity index (χ4v) is 1.83.